The van der Waals surface area contributed by atoms with E-state index in [0.29, 0.717) is 17.8 Å². The van der Waals surface area contributed by atoms with Gasteiger partial charge in [0.05, 0.1) is 17.4 Å². The van der Waals surface area contributed by atoms with Crippen molar-refractivity contribution < 1.29 is 35.5 Å². The van der Waals surface area contributed by atoms with Gasteiger partial charge in [-0.3, -0.25) is 9.78 Å². The van der Waals surface area contributed by atoms with Crippen molar-refractivity contribution >= 4 is 11.6 Å². The molecule has 0 aliphatic heterocycles. The molecule has 0 unspecified atom stereocenters. The lowest BCUT2D eigenvalue weighted by atomic mass is 9.93. The van der Waals surface area contributed by atoms with Gasteiger partial charge in [-0.15, -0.1) is 0 Å². The topological polar surface area (TPSA) is 54.0 Å². The number of carbonyl (C=O) groups excluding carboxylic acids is 1. The molecule has 28 heavy (non-hydrogen) atoms. The molecule has 152 valence electrons. The number of amides is 1. The average molecular weight is 409 g/mol. The van der Waals surface area contributed by atoms with Crippen molar-refractivity contribution in [3.8, 4) is 0 Å². The van der Waals surface area contributed by atoms with E-state index in [1.54, 1.807) is 7.05 Å². The van der Waals surface area contributed by atoms with E-state index >= 15 is 0 Å². The van der Waals surface area contributed by atoms with Gasteiger partial charge in [0, 0.05) is 25.4 Å². The van der Waals surface area contributed by atoms with Crippen LogP contribution in [-0.4, -0.2) is 30.3 Å². The van der Waals surface area contributed by atoms with Gasteiger partial charge in [0.2, 0.25) is 0 Å². The van der Waals surface area contributed by atoms with Gasteiger partial charge in [-0.05, 0) is 11.6 Å². The first-order chi connectivity index (χ1) is 12.9. The molecule has 0 saturated heterocycles. The number of halogens is 7. The van der Waals surface area contributed by atoms with Crippen LogP contribution in [0.1, 0.15) is 21.5 Å². The molecule has 0 atom stereocenters. The van der Waals surface area contributed by atoms with Crippen LogP contribution in [0, 0.1) is 0 Å². The Kier molecular flexibility index (Phi) is 5.86. The van der Waals surface area contributed by atoms with Gasteiger partial charge in [0.25, 0.3) is 5.91 Å². The molecule has 4 nitrogen and oxygen atoms in total. The summed E-state index contributed by atoms with van der Waals surface area (Å²) in [6.07, 6.45) is -9.57. The Balaban J connectivity index is 2.18. The van der Waals surface area contributed by atoms with Crippen molar-refractivity contribution in [2.75, 3.05) is 12.4 Å². The number of nitrogens with zero attached hydrogens (tertiary/aromatic N) is 1. The lowest BCUT2D eigenvalue weighted by molar-refractivity contribution is -0.348. The number of aromatic nitrogens is 1. The van der Waals surface area contributed by atoms with Crippen LogP contribution in [0.3, 0.4) is 0 Å². The van der Waals surface area contributed by atoms with E-state index in [-0.39, 0.29) is 17.7 Å². The second kappa shape index (κ2) is 7.64. The van der Waals surface area contributed by atoms with E-state index < -0.39 is 29.5 Å². The molecule has 0 bridgehead atoms. The summed E-state index contributed by atoms with van der Waals surface area (Å²) in [4.78, 5) is 16.0. The van der Waals surface area contributed by atoms with Crippen LogP contribution < -0.4 is 10.6 Å². The van der Waals surface area contributed by atoms with Gasteiger partial charge in [-0.1, -0.05) is 24.3 Å². The van der Waals surface area contributed by atoms with E-state index in [9.17, 15) is 35.5 Å². The number of hydrogen-bond donors (Lipinski definition) is 2. The summed E-state index contributed by atoms with van der Waals surface area (Å²) in [6, 6.07) is 3.98. The fraction of sp³-hybridized carbons (Fsp3) is 0.294. The molecule has 0 aliphatic rings. The third-order valence-electron chi connectivity index (χ3n) is 3.92. The number of rotatable bonds is 5. The molecule has 1 aromatic heterocycles. The summed E-state index contributed by atoms with van der Waals surface area (Å²) in [6.45, 7) is -0.193. The first kappa shape index (κ1) is 21.5. The smallest absolute Gasteiger partial charge is 0.386 e. The predicted octanol–water partition coefficient (Wildman–Crippen LogP) is 4.34. The SMILES string of the molecule is CNc1cnccc1C(=O)NCc1ccc(C(F)(C(F)(F)F)C(F)(F)F)cc1. The number of pyridine rings is 1. The summed E-state index contributed by atoms with van der Waals surface area (Å²) < 4.78 is 90.4. The summed E-state index contributed by atoms with van der Waals surface area (Å²) in [5.41, 5.74) is -6.22. The molecule has 1 aromatic carbocycles. The minimum atomic E-state index is -6.17. The first-order valence-electron chi connectivity index (χ1n) is 7.73. The number of alkyl halides is 7. The lowest BCUT2D eigenvalue weighted by Gasteiger charge is -2.30. The number of benzene rings is 1. The van der Waals surface area contributed by atoms with Crippen LogP contribution in [0.15, 0.2) is 42.7 Å². The van der Waals surface area contributed by atoms with E-state index in [4.69, 9.17) is 0 Å². The monoisotopic (exact) mass is 409 g/mol. The van der Waals surface area contributed by atoms with Gasteiger partial charge >= 0.3 is 18.0 Å². The molecule has 0 aliphatic carbocycles. The number of anilines is 1. The van der Waals surface area contributed by atoms with Crippen molar-refractivity contribution in [1.82, 2.24) is 10.3 Å². The van der Waals surface area contributed by atoms with Crippen LogP contribution in [-0.2, 0) is 12.2 Å². The van der Waals surface area contributed by atoms with E-state index in [1.165, 1.54) is 18.5 Å². The third kappa shape index (κ3) is 4.02. The summed E-state index contributed by atoms with van der Waals surface area (Å²) >= 11 is 0. The zero-order valence-electron chi connectivity index (χ0n) is 14.2. The van der Waals surface area contributed by atoms with Crippen molar-refractivity contribution in [1.29, 1.82) is 0 Å². The maximum absolute atomic E-state index is 14.0. The van der Waals surface area contributed by atoms with E-state index in [1.807, 2.05) is 0 Å². The Labute approximate surface area is 154 Å². The van der Waals surface area contributed by atoms with Gasteiger partial charge in [0.15, 0.2) is 0 Å². The van der Waals surface area contributed by atoms with E-state index in [2.05, 4.69) is 15.6 Å². The summed E-state index contributed by atoms with van der Waals surface area (Å²) in [7, 11) is 1.57. The van der Waals surface area contributed by atoms with Crippen molar-refractivity contribution in [3.05, 3.63) is 59.4 Å². The minimum Gasteiger partial charge on any atom is -0.386 e. The lowest BCUT2D eigenvalue weighted by Crippen LogP contribution is -2.50. The van der Waals surface area contributed by atoms with Crippen LogP contribution in [0.2, 0.25) is 0 Å². The maximum atomic E-state index is 14.0. The zero-order chi connectivity index (χ0) is 21.2. The molecule has 0 spiro atoms. The van der Waals surface area contributed by atoms with Gasteiger partial charge < -0.3 is 10.6 Å². The maximum Gasteiger partial charge on any atom is 0.435 e. The summed E-state index contributed by atoms with van der Waals surface area (Å²) in [5.74, 6) is -0.541. The zero-order valence-corrected chi connectivity index (χ0v) is 14.2. The highest BCUT2D eigenvalue weighted by molar-refractivity contribution is 5.99. The van der Waals surface area contributed by atoms with Gasteiger partial charge in [-0.2, -0.15) is 26.3 Å². The molecule has 0 fully saturated rings. The Morgan fingerprint density at radius 2 is 1.54 bits per heavy atom. The molecule has 1 amide bonds. The molecule has 11 heteroatoms. The highest BCUT2D eigenvalue weighted by atomic mass is 19.4. The second-order valence-electron chi connectivity index (χ2n) is 5.70. The molecule has 1 heterocycles. The van der Waals surface area contributed by atoms with Crippen LogP contribution in [0.25, 0.3) is 0 Å². The molecule has 2 aromatic rings. The van der Waals surface area contributed by atoms with Crippen molar-refractivity contribution in [3.63, 3.8) is 0 Å². The Morgan fingerprint density at radius 1 is 0.964 bits per heavy atom. The molecule has 2 N–H and O–H groups in total. The Hall–Kier alpha value is -2.85. The molecular formula is C17H14F7N3O. The molecule has 2 rings (SSSR count). The number of carbonyl (C=O) groups is 1. The Morgan fingerprint density at radius 3 is 2.04 bits per heavy atom. The molecule has 0 saturated carbocycles. The van der Waals surface area contributed by atoms with Crippen molar-refractivity contribution in [2.45, 2.75) is 24.6 Å². The third-order valence-corrected chi connectivity index (χ3v) is 3.92. The van der Waals surface area contributed by atoms with Crippen molar-refractivity contribution in [2.24, 2.45) is 0 Å². The fourth-order valence-electron chi connectivity index (χ4n) is 2.41. The second-order valence-corrected chi connectivity index (χ2v) is 5.70. The van der Waals surface area contributed by atoms with Gasteiger partial charge in [0.1, 0.15) is 0 Å². The minimum absolute atomic E-state index is 0.184. The first-order valence-corrected chi connectivity index (χ1v) is 7.73. The molecule has 0 radical (unpaired) electrons. The fourth-order valence-corrected chi connectivity index (χ4v) is 2.41. The summed E-state index contributed by atoms with van der Waals surface area (Å²) in [5, 5.41) is 5.21. The largest absolute Gasteiger partial charge is 0.435 e. The predicted molar refractivity (Wildman–Crippen MR) is 86.3 cm³/mol. The highest BCUT2D eigenvalue weighted by Gasteiger charge is 2.73. The standard InChI is InChI=1S/C17H14F7N3O/c1-25-13-9-26-7-6-12(13)14(28)27-8-10-2-4-11(5-3-10)15(18,16(19,20)21)17(22,23)24/h2-7,9,25H,8H2,1H3,(H,27,28). The molecular weight excluding hydrogens is 395 g/mol. The van der Waals surface area contributed by atoms with E-state index in [0.717, 1.165) is 12.1 Å². The quantitative estimate of drug-likeness (QED) is 0.723. The van der Waals surface area contributed by atoms with Crippen LogP contribution in [0.5, 0.6) is 0 Å². The normalized spacial score (nSPS) is 12.6. The number of hydrogen-bond acceptors (Lipinski definition) is 3. The highest BCUT2D eigenvalue weighted by Crippen LogP contribution is 2.53. The van der Waals surface area contributed by atoms with Crippen LogP contribution >= 0.6 is 0 Å². The number of nitrogens with one attached hydrogen (secondary N) is 2. The van der Waals surface area contributed by atoms with Crippen LogP contribution in [0.4, 0.5) is 36.4 Å². The average Bonchev–Trinajstić information content (AvgIpc) is 2.64. The Bertz CT molecular complexity index is 818. The van der Waals surface area contributed by atoms with Gasteiger partial charge in [-0.25, -0.2) is 4.39 Å².